The molecule has 1 fully saturated rings. The molecule has 0 bridgehead atoms. The van der Waals surface area contributed by atoms with Crippen LogP contribution in [0.2, 0.25) is 0 Å². The molecule has 0 spiro atoms. The second kappa shape index (κ2) is 7.58. The molecule has 0 aliphatic heterocycles. The lowest BCUT2D eigenvalue weighted by Gasteiger charge is -2.32. The predicted octanol–water partition coefficient (Wildman–Crippen LogP) is 4.34. The first-order chi connectivity index (χ1) is 9.72. The van der Waals surface area contributed by atoms with Crippen LogP contribution in [-0.2, 0) is 9.53 Å². The SMILES string of the molecule is CCOC(C)C(=O)CC1CCCCC1c1ccccc1. The van der Waals surface area contributed by atoms with Crippen LogP contribution < -0.4 is 0 Å². The molecule has 1 aliphatic rings. The number of hydrogen-bond donors (Lipinski definition) is 0. The topological polar surface area (TPSA) is 26.3 Å². The second-order valence-electron chi connectivity index (χ2n) is 5.83. The van der Waals surface area contributed by atoms with E-state index in [0.717, 1.165) is 0 Å². The molecule has 0 N–H and O–H groups in total. The van der Waals surface area contributed by atoms with Crippen molar-refractivity contribution < 1.29 is 9.53 Å². The maximum absolute atomic E-state index is 12.3. The summed E-state index contributed by atoms with van der Waals surface area (Å²) < 4.78 is 5.44. The molecule has 2 heteroatoms. The molecule has 2 rings (SSSR count). The molecule has 2 nitrogen and oxygen atoms in total. The highest BCUT2D eigenvalue weighted by molar-refractivity contribution is 5.83. The molecule has 0 amide bonds. The Morgan fingerprint density at radius 1 is 1.25 bits per heavy atom. The first-order valence-corrected chi connectivity index (χ1v) is 7.91. The highest BCUT2D eigenvalue weighted by atomic mass is 16.5. The summed E-state index contributed by atoms with van der Waals surface area (Å²) >= 11 is 0. The molecular weight excluding hydrogens is 248 g/mol. The number of carbonyl (C=O) groups excluding carboxylic acids is 1. The zero-order chi connectivity index (χ0) is 14.4. The fourth-order valence-electron chi connectivity index (χ4n) is 3.36. The summed E-state index contributed by atoms with van der Waals surface area (Å²) in [6.45, 7) is 4.43. The van der Waals surface area contributed by atoms with E-state index in [9.17, 15) is 4.79 Å². The molecule has 0 aromatic heterocycles. The maximum atomic E-state index is 12.3. The monoisotopic (exact) mass is 274 g/mol. The minimum absolute atomic E-state index is 0.252. The fraction of sp³-hybridized carbons (Fsp3) is 0.611. The summed E-state index contributed by atoms with van der Waals surface area (Å²) in [5, 5.41) is 0. The minimum atomic E-state index is -0.252. The van der Waals surface area contributed by atoms with Gasteiger partial charge in [0, 0.05) is 13.0 Å². The third-order valence-corrected chi connectivity index (χ3v) is 4.47. The van der Waals surface area contributed by atoms with Gasteiger partial charge in [0.15, 0.2) is 5.78 Å². The molecule has 3 atom stereocenters. The van der Waals surface area contributed by atoms with E-state index in [1.807, 2.05) is 13.8 Å². The number of ketones is 1. The first-order valence-electron chi connectivity index (χ1n) is 7.91. The molecule has 3 unspecified atom stereocenters. The Morgan fingerprint density at radius 2 is 1.95 bits per heavy atom. The van der Waals surface area contributed by atoms with Crippen LogP contribution in [0.25, 0.3) is 0 Å². The maximum Gasteiger partial charge on any atom is 0.161 e. The van der Waals surface area contributed by atoms with Crippen LogP contribution in [0, 0.1) is 5.92 Å². The number of carbonyl (C=O) groups is 1. The van der Waals surface area contributed by atoms with E-state index in [4.69, 9.17) is 4.74 Å². The van der Waals surface area contributed by atoms with Gasteiger partial charge in [-0.25, -0.2) is 0 Å². The third-order valence-electron chi connectivity index (χ3n) is 4.47. The smallest absolute Gasteiger partial charge is 0.161 e. The first kappa shape index (κ1) is 15.2. The van der Waals surface area contributed by atoms with E-state index in [-0.39, 0.29) is 11.9 Å². The lowest BCUT2D eigenvalue weighted by atomic mass is 9.73. The highest BCUT2D eigenvalue weighted by Gasteiger charge is 2.29. The summed E-state index contributed by atoms with van der Waals surface area (Å²) in [6.07, 6.45) is 5.34. The van der Waals surface area contributed by atoms with Gasteiger partial charge in [0.2, 0.25) is 0 Å². The molecule has 0 radical (unpaired) electrons. The zero-order valence-corrected chi connectivity index (χ0v) is 12.7. The number of benzene rings is 1. The standard InChI is InChI=1S/C18H26O2/c1-3-20-14(2)18(19)13-16-11-7-8-12-17(16)15-9-5-4-6-10-15/h4-6,9-10,14,16-17H,3,7-8,11-13H2,1-2H3. The Labute approximate surface area is 122 Å². The number of ether oxygens (including phenoxy) is 1. The van der Waals surface area contributed by atoms with Crippen molar-refractivity contribution in [2.75, 3.05) is 6.61 Å². The Morgan fingerprint density at radius 3 is 2.65 bits per heavy atom. The van der Waals surface area contributed by atoms with Crippen molar-refractivity contribution >= 4 is 5.78 Å². The molecule has 1 saturated carbocycles. The van der Waals surface area contributed by atoms with Gasteiger partial charge in [0.1, 0.15) is 6.10 Å². The lowest BCUT2D eigenvalue weighted by molar-refractivity contribution is -0.130. The van der Waals surface area contributed by atoms with Gasteiger partial charge in [0.05, 0.1) is 0 Å². The second-order valence-corrected chi connectivity index (χ2v) is 5.83. The Hall–Kier alpha value is -1.15. The van der Waals surface area contributed by atoms with Crippen LogP contribution in [0.3, 0.4) is 0 Å². The van der Waals surface area contributed by atoms with Crippen molar-refractivity contribution in [3.05, 3.63) is 35.9 Å². The quantitative estimate of drug-likeness (QED) is 0.771. The molecule has 20 heavy (non-hydrogen) atoms. The predicted molar refractivity (Wildman–Crippen MR) is 81.9 cm³/mol. The van der Waals surface area contributed by atoms with Gasteiger partial charge in [0.25, 0.3) is 0 Å². The number of rotatable bonds is 6. The summed E-state index contributed by atoms with van der Waals surface area (Å²) in [6, 6.07) is 10.7. The van der Waals surface area contributed by atoms with Gasteiger partial charge in [-0.3, -0.25) is 4.79 Å². The molecule has 0 saturated heterocycles. The minimum Gasteiger partial charge on any atom is -0.371 e. The Balaban J connectivity index is 2.02. The van der Waals surface area contributed by atoms with Crippen LogP contribution in [0.15, 0.2) is 30.3 Å². The molecule has 0 heterocycles. The van der Waals surface area contributed by atoms with E-state index in [1.54, 1.807) is 0 Å². The van der Waals surface area contributed by atoms with Crippen LogP contribution in [-0.4, -0.2) is 18.5 Å². The van der Waals surface area contributed by atoms with Gasteiger partial charge in [-0.1, -0.05) is 43.2 Å². The normalized spacial score (nSPS) is 24.3. The van der Waals surface area contributed by atoms with E-state index in [2.05, 4.69) is 30.3 Å². The largest absolute Gasteiger partial charge is 0.371 e. The molecule has 1 aromatic carbocycles. The van der Waals surface area contributed by atoms with E-state index in [1.165, 1.54) is 31.2 Å². The molecule has 1 aliphatic carbocycles. The Kier molecular flexibility index (Phi) is 5.78. The van der Waals surface area contributed by atoms with Gasteiger partial charge in [-0.15, -0.1) is 0 Å². The van der Waals surface area contributed by atoms with Gasteiger partial charge >= 0.3 is 0 Å². The van der Waals surface area contributed by atoms with Gasteiger partial charge in [-0.2, -0.15) is 0 Å². The van der Waals surface area contributed by atoms with Crippen molar-refractivity contribution in [3.8, 4) is 0 Å². The number of hydrogen-bond acceptors (Lipinski definition) is 2. The van der Waals surface area contributed by atoms with Gasteiger partial charge in [-0.05, 0) is 44.1 Å². The molecular formula is C18H26O2. The van der Waals surface area contributed by atoms with Crippen molar-refractivity contribution in [2.24, 2.45) is 5.92 Å². The van der Waals surface area contributed by atoms with Crippen LogP contribution in [0.5, 0.6) is 0 Å². The summed E-state index contributed by atoms with van der Waals surface area (Å²) in [5.41, 5.74) is 1.40. The van der Waals surface area contributed by atoms with Crippen molar-refractivity contribution in [3.63, 3.8) is 0 Å². The average Bonchev–Trinajstić information content (AvgIpc) is 2.49. The van der Waals surface area contributed by atoms with Crippen LogP contribution in [0.4, 0.5) is 0 Å². The Bertz CT molecular complexity index is 413. The van der Waals surface area contributed by atoms with E-state index in [0.29, 0.717) is 24.9 Å². The average molecular weight is 274 g/mol. The summed E-state index contributed by atoms with van der Waals surface area (Å²) in [5.74, 6) is 1.30. The van der Waals surface area contributed by atoms with Crippen molar-refractivity contribution in [1.29, 1.82) is 0 Å². The van der Waals surface area contributed by atoms with Crippen molar-refractivity contribution in [1.82, 2.24) is 0 Å². The third kappa shape index (κ3) is 3.92. The van der Waals surface area contributed by atoms with Crippen LogP contribution in [0.1, 0.15) is 57.4 Å². The van der Waals surface area contributed by atoms with Crippen molar-refractivity contribution in [2.45, 2.75) is 58.0 Å². The van der Waals surface area contributed by atoms with Crippen LogP contribution >= 0.6 is 0 Å². The fourth-order valence-corrected chi connectivity index (χ4v) is 3.36. The van der Waals surface area contributed by atoms with Gasteiger partial charge < -0.3 is 4.74 Å². The highest BCUT2D eigenvalue weighted by Crippen LogP contribution is 2.39. The number of Topliss-reactive ketones (excluding diaryl/α,β-unsaturated/α-hetero) is 1. The molecule has 1 aromatic rings. The lowest BCUT2D eigenvalue weighted by Crippen LogP contribution is -2.27. The summed E-state index contributed by atoms with van der Waals surface area (Å²) in [7, 11) is 0. The molecule has 110 valence electrons. The van der Waals surface area contributed by atoms with E-state index >= 15 is 0 Å². The zero-order valence-electron chi connectivity index (χ0n) is 12.7. The van der Waals surface area contributed by atoms with E-state index < -0.39 is 0 Å². The summed E-state index contributed by atoms with van der Waals surface area (Å²) in [4.78, 5) is 12.3.